The smallest absolute Gasteiger partial charge is 0.141 e. The van der Waals surface area contributed by atoms with Crippen molar-refractivity contribution in [3.63, 3.8) is 0 Å². The van der Waals surface area contributed by atoms with Gasteiger partial charge in [0, 0.05) is 23.6 Å². The van der Waals surface area contributed by atoms with Crippen LogP contribution in [0.2, 0.25) is 0 Å². The molecule has 0 aliphatic heterocycles. The zero-order chi connectivity index (χ0) is 41.8. The molecule has 0 saturated carbocycles. The monoisotopic (exact) mass is 804 g/mol. The van der Waals surface area contributed by atoms with E-state index >= 15 is 0 Å². The number of phenols is 2. The Labute approximate surface area is 362 Å². The molecule has 12 aromatic rings. The summed E-state index contributed by atoms with van der Waals surface area (Å²) in [5.74, 6) is 0.178. The third-order valence-corrected chi connectivity index (χ3v) is 13.6. The molecule has 12 aromatic carbocycles. The first-order valence-electron chi connectivity index (χ1n) is 21.3. The minimum atomic E-state index is -0.833. The Morgan fingerprint density at radius 3 is 1.40 bits per heavy atom. The number of nitrogens with zero attached hydrogens (tertiary/aromatic N) is 2. The summed E-state index contributed by atoms with van der Waals surface area (Å²) >= 11 is 0. The lowest BCUT2D eigenvalue weighted by molar-refractivity contribution is 0.476. The zero-order valence-electron chi connectivity index (χ0n) is 33.9. The Balaban J connectivity index is 0.980. The van der Waals surface area contributed by atoms with E-state index in [1.165, 1.54) is 48.5 Å². The number of benzene rings is 12. The highest BCUT2D eigenvalue weighted by Gasteiger charge is 2.46. The Morgan fingerprint density at radius 2 is 0.794 bits per heavy atom. The predicted molar refractivity (Wildman–Crippen MR) is 262 cm³/mol. The lowest BCUT2D eigenvalue weighted by Crippen LogP contribution is -2.28. The number of hydrogen-bond donors (Lipinski definition) is 2. The minimum absolute atomic E-state index is 0.0890. The molecule has 0 amide bonds. The van der Waals surface area contributed by atoms with Gasteiger partial charge in [-0.25, -0.2) is 0 Å². The first-order valence-corrected chi connectivity index (χ1v) is 21.3. The summed E-state index contributed by atoms with van der Waals surface area (Å²) in [4.78, 5) is 10.1. The Hall–Kier alpha value is -8.34. The van der Waals surface area contributed by atoms with Crippen molar-refractivity contribution < 1.29 is 10.2 Å². The van der Waals surface area contributed by atoms with E-state index in [4.69, 9.17) is 9.98 Å². The van der Waals surface area contributed by atoms with Crippen molar-refractivity contribution in [2.24, 2.45) is 9.98 Å². The van der Waals surface area contributed by atoms with Gasteiger partial charge in [-0.3, -0.25) is 9.98 Å². The molecule has 13 rings (SSSR count). The number of aromatic hydroxyl groups is 2. The average Bonchev–Trinajstić information content (AvgIpc) is 3.63. The molecule has 1 aliphatic carbocycles. The summed E-state index contributed by atoms with van der Waals surface area (Å²) in [6.07, 6.45) is 3.76. The maximum Gasteiger partial charge on any atom is 0.141 e. The van der Waals surface area contributed by atoms with E-state index in [9.17, 15) is 10.2 Å². The van der Waals surface area contributed by atoms with Gasteiger partial charge in [0.2, 0.25) is 0 Å². The van der Waals surface area contributed by atoms with Crippen LogP contribution in [0.15, 0.2) is 204 Å². The molecule has 294 valence electrons. The second-order valence-corrected chi connectivity index (χ2v) is 16.8. The zero-order valence-corrected chi connectivity index (χ0v) is 33.9. The molecule has 0 heterocycles. The van der Waals surface area contributed by atoms with Crippen LogP contribution in [0.5, 0.6) is 11.5 Å². The Kier molecular flexibility index (Phi) is 7.49. The molecule has 0 saturated heterocycles. The van der Waals surface area contributed by atoms with Crippen molar-refractivity contribution in [2.45, 2.75) is 5.41 Å². The molecule has 2 N–H and O–H groups in total. The van der Waals surface area contributed by atoms with E-state index in [0.29, 0.717) is 11.4 Å². The number of rotatable bonds is 6. The van der Waals surface area contributed by atoms with Crippen molar-refractivity contribution in [2.75, 3.05) is 0 Å². The molecule has 0 fully saturated rings. The first kappa shape index (κ1) is 35.4. The standard InChI is InChI=1S/C59H36N2O2/c62-53-28-25-43(31-51(53)60-33-41-23-22-39-21-19-35-8-5-9-37-24-27-46(41)58(39)55(35)37)59(49-16-3-1-13-47(49)48-14-2-4-17-50(48)59)44-26-29-54(63)52(32-44)61-34-42-30-40-12-6-10-36-18-20-38-11-7-15-45(42)57(38)56(36)40/h1-34,62-63H. The van der Waals surface area contributed by atoms with E-state index in [1.54, 1.807) is 12.1 Å². The van der Waals surface area contributed by atoms with Crippen LogP contribution in [-0.2, 0) is 5.41 Å². The third-order valence-electron chi connectivity index (χ3n) is 13.6. The van der Waals surface area contributed by atoms with Crippen LogP contribution in [0.25, 0.3) is 75.8 Å². The van der Waals surface area contributed by atoms with Gasteiger partial charge in [-0.2, -0.15) is 0 Å². The second kappa shape index (κ2) is 13.3. The van der Waals surface area contributed by atoms with Gasteiger partial charge in [-0.05, 0) is 128 Å². The van der Waals surface area contributed by atoms with E-state index in [-0.39, 0.29) is 11.5 Å². The SMILES string of the molecule is Oc1ccc(C2(c3ccc(O)c(N=Cc4cc5cccc6ccc7cccc4c7c65)c3)c3ccccc3-c3ccccc32)cc1N=Cc1ccc2ccc3cccc4ccc1c2c34. The fraction of sp³-hybridized carbons (Fsp3) is 0.0169. The van der Waals surface area contributed by atoms with Crippen LogP contribution in [0.4, 0.5) is 11.4 Å². The molecule has 0 unspecified atom stereocenters. The van der Waals surface area contributed by atoms with E-state index in [0.717, 1.165) is 60.7 Å². The molecule has 0 aromatic heterocycles. The molecule has 0 bridgehead atoms. The predicted octanol–water partition coefficient (Wildman–Crippen LogP) is 14.8. The molecule has 0 atom stereocenters. The fourth-order valence-corrected chi connectivity index (χ4v) is 10.8. The van der Waals surface area contributed by atoms with Gasteiger partial charge in [-0.1, -0.05) is 164 Å². The van der Waals surface area contributed by atoms with Crippen molar-refractivity contribution in [1.29, 1.82) is 0 Å². The molecule has 1 aliphatic rings. The molecular weight excluding hydrogens is 769 g/mol. The van der Waals surface area contributed by atoms with E-state index < -0.39 is 5.41 Å². The van der Waals surface area contributed by atoms with Gasteiger partial charge in [-0.15, -0.1) is 0 Å². The van der Waals surface area contributed by atoms with Gasteiger partial charge in [0.05, 0.1) is 5.41 Å². The molecule has 4 heteroatoms. The van der Waals surface area contributed by atoms with Crippen molar-refractivity contribution in [3.8, 4) is 22.6 Å². The summed E-state index contributed by atoms with van der Waals surface area (Å²) in [6, 6.07) is 67.5. The van der Waals surface area contributed by atoms with E-state index in [2.05, 4.69) is 158 Å². The molecule has 63 heavy (non-hydrogen) atoms. The maximum absolute atomic E-state index is 11.5. The number of aliphatic imine (C=N–C) groups is 2. The summed E-state index contributed by atoms with van der Waals surface area (Å²) in [5.41, 5.74) is 8.39. The van der Waals surface area contributed by atoms with Crippen LogP contribution >= 0.6 is 0 Å². The van der Waals surface area contributed by atoms with Crippen molar-refractivity contribution in [1.82, 2.24) is 0 Å². The van der Waals surface area contributed by atoms with Gasteiger partial charge >= 0.3 is 0 Å². The topological polar surface area (TPSA) is 65.2 Å². The summed E-state index contributed by atoms with van der Waals surface area (Å²) < 4.78 is 0. The van der Waals surface area contributed by atoms with Crippen molar-refractivity contribution >= 4 is 88.4 Å². The number of fused-ring (bicyclic) bond motifs is 3. The molecular formula is C59H36N2O2. The van der Waals surface area contributed by atoms with Gasteiger partial charge < -0.3 is 10.2 Å². The Morgan fingerprint density at radius 1 is 0.349 bits per heavy atom. The molecule has 0 spiro atoms. The van der Waals surface area contributed by atoms with Crippen LogP contribution in [-0.4, -0.2) is 22.6 Å². The minimum Gasteiger partial charge on any atom is -0.506 e. The summed E-state index contributed by atoms with van der Waals surface area (Å²) in [5, 5.41) is 37.4. The van der Waals surface area contributed by atoms with Crippen LogP contribution in [0.1, 0.15) is 33.4 Å². The largest absolute Gasteiger partial charge is 0.506 e. The summed E-state index contributed by atoms with van der Waals surface area (Å²) in [6.45, 7) is 0. The van der Waals surface area contributed by atoms with Crippen LogP contribution in [0, 0.1) is 0 Å². The number of hydrogen-bond acceptors (Lipinski definition) is 4. The third kappa shape index (κ3) is 5.09. The molecule has 4 nitrogen and oxygen atoms in total. The molecule has 0 radical (unpaired) electrons. The Bertz CT molecular complexity index is 3840. The normalized spacial score (nSPS) is 13.5. The maximum atomic E-state index is 11.5. The van der Waals surface area contributed by atoms with E-state index in [1.807, 2.05) is 36.7 Å². The van der Waals surface area contributed by atoms with Crippen molar-refractivity contribution in [3.05, 3.63) is 228 Å². The van der Waals surface area contributed by atoms with Gasteiger partial charge in [0.1, 0.15) is 22.9 Å². The fourth-order valence-electron chi connectivity index (χ4n) is 10.8. The van der Waals surface area contributed by atoms with Gasteiger partial charge in [0.15, 0.2) is 0 Å². The van der Waals surface area contributed by atoms with Crippen LogP contribution in [0.3, 0.4) is 0 Å². The first-order chi connectivity index (χ1) is 31.0. The summed E-state index contributed by atoms with van der Waals surface area (Å²) in [7, 11) is 0. The average molecular weight is 805 g/mol. The number of phenolic OH excluding ortho intramolecular Hbond substituents is 2. The lowest BCUT2D eigenvalue weighted by atomic mass is 9.67. The lowest BCUT2D eigenvalue weighted by Gasteiger charge is -2.34. The van der Waals surface area contributed by atoms with Gasteiger partial charge in [0.25, 0.3) is 0 Å². The highest BCUT2D eigenvalue weighted by Crippen LogP contribution is 2.57. The highest BCUT2D eigenvalue weighted by molar-refractivity contribution is 6.27. The quantitative estimate of drug-likeness (QED) is 0.130. The second-order valence-electron chi connectivity index (χ2n) is 16.8. The highest BCUT2D eigenvalue weighted by atomic mass is 16.3. The van der Waals surface area contributed by atoms with Crippen LogP contribution < -0.4 is 0 Å².